The lowest BCUT2D eigenvalue weighted by Crippen LogP contribution is -2.11. The molecule has 1 heterocycles. The lowest BCUT2D eigenvalue weighted by atomic mass is 10.0. The topological polar surface area (TPSA) is 43.8 Å². The van der Waals surface area contributed by atoms with Gasteiger partial charge >= 0.3 is 0 Å². The van der Waals surface area contributed by atoms with E-state index in [1.54, 1.807) is 12.1 Å². The second kappa shape index (κ2) is 4.00. The van der Waals surface area contributed by atoms with Crippen molar-refractivity contribution in [2.45, 2.75) is 13.8 Å². The van der Waals surface area contributed by atoms with Gasteiger partial charge in [0.05, 0.1) is 11.4 Å². The monoisotopic (exact) mass is 255 g/mol. The van der Waals surface area contributed by atoms with Gasteiger partial charge in [-0.15, -0.1) is 0 Å². The first-order valence-corrected chi connectivity index (χ1v) is 5.53. The van der Waals surface area contributed by atoms with Gasteiger partial charge in [-0.25, -0.2) is 0 Å². The van der Waals surface area contributed by atoms with Gasteiger partial charge in [0.15, 0.2) is 0 Å². The van der Waals surface area contributed by atoms with Gasteiger partial charge in [-0.05, 0) is 32.0 Å². The number of rotatable bonds is 1. The molecule has 0 fully saturated rings. The molecule has 3 nitrogen and oxygen atoms in total. The maximum absolute atomic E-state index is 6.15. The lowest BCUT2D eigenvalue weighted by molar-refractivity contribution is 0.789. The summed E-state index contributed by atoms with van der Waals surface area (Å²) in [5.74, 6) is 5.70. The van der Waals surface area contributed by atoms with Crippen molar-refractivity contribution in [1.29, 1.82) is 0 Å². The highest BCUT2D eigenvalue weighted by molar-refractivity contribution is 6.35. The van der Waals surface area contributed by atoms with Gasteiger partial charge in [-0.1, -0.05) is 23.2 Å². The summed E-state index contributed by atoms with van der Waals surface area (Å²) in [6.07, 6.45) is 0. The quantitative estimate of drug-likeness (QED) is 0.796. The number of aromatic nitrogens is 2. The number of aryl methyl sites for hydroxylation is 1. The van der Waals surface area contributed by atoms with Crippen LogP contribution >= 0.6 is 23.2 Å². The van der Waals surface area contributed by atoms with E-state index in [1.165, 1.54) is 4.79 Å². The zero-order valence-corrected chi connectivity index (χ0v) is 10.5. The van der Waals surface area contributed by atoms with Crippen LogP contribution in [0, 0.1) is 13.8 Å². The van der Waals surface area contributed by atoms with Gasteiger partial charge in [-0.3, -0.25) is 0 Å². The van der Waals surface area contributed by atoms with Crippen LogP contribution in [0.25, 0.3) is 11.1 Å². The van der Waals surface area contributed by atoms with E-state index < -0.39 is 0 Å². The van der Waals surface area contributed by atoms with Gasteiger partial charge in [-0.2, -0.15) is 9.89 Å². The van der Waals surface area contributed by atoms with Gasteiger partial charge in [0, 0.05) is 21.2 Å². The average molecular weight is 256 g/mol. The molecule has 2 rings (SSSR count). The molecule has 0 aliphatic rings. The first-order chi connectivity index (χ1) is 7.50. The summed E-state index contributed by atoms with van der Waals surface area (Å²) in [4.78, 5) is 1.35. The first-order valence-electron chi connectivity index (χ1n) is 4.77. The molecule has 0 unspecified atom stereocenters. The number of nitrogen functional groups attached to an aromatic ring is 1. The zero-order valence-electron chi connectivity index (χ0n) is 8.96. The van der Waals surface area contributed by atoms with E-state index in [4.69, 9.17) is 29.0 Å². The van der Waals surface area contributed by atoms with Crippen molar-refractivity contribution in [3.8, 4) is 11.1 Å². The van der Waals surface area contributed by atoms with E-state index in [1.807, 2.05) is 19.9 Å². The van der Waals surface area contributed by atoms with Crippen LogP contribution in [0.2, 0.25) is 10.0 Å². The molecule has 0 spiro atoms. The van der Waals surface area contributed by atoms with Crippen LogP contribution in [-0.4, -0.2) is 9.89 Å². The fraction of sp³-hybridized carbons (Fsp3) is 0.182. The fourth-order valence-electron chi connectivity index (χ4n) is 1.74. The van der Waals surface area contributed by atoms with Crippen molar-refractivity contribution in [1.82, 2.24) is 9.89 Å². The second-order valence-electron chi connectivity index (χ2n) is 3.61. The van der Waals surface area contributed by atoms with Gasteiger partial charge in [0.25, 0.3) is 0 Å². The van der Waals surface area contributed by atoms with Crippen LogP contribution in [0.4, 0.5) is 0 Å². The summed E-state index contributed by atoms with van der Waals surface area (Å²) in [6, 6.07) is 5.35. The molecule has 1 aromatic heterocycles. The third-order valence-corrected chi connectivity index (χ3v) is 3.09. The lowest BCUT2D eigenvalue weighted by Gasteiger charge is -2.05. The van der Waals surface area contributed by atoms with E-state index in [9.17, 15) is 0 Å². The van der Waals surface area contributed by atoms with Gasteiger partial charge in [0.2, 0.25) is 0 Å². The van der Waals surface area contributed by atoms with Crippen molar-refractivity contribution in [2.24, 2.45) is 0 Å². The summed E-state index contributed by atoms with van der Waals surface area (Å²) in [6.45, 7) is 3.79. The molecule has 1 aromatic carbocycles. The minimum absolute atomic E-state index is 0.642. The predicted octanol–water partition coefficient (Wildman–Crippen LogP) is 3.19. The van der Waals surface area contributed by atoms with Crippen LogP contribution in [0.3, 0.4) is 0 Å². The molecule has 0 bridgehead atoms. The molecule has 0 saturated carbocycles. The number of benzene rings is 1. The Morgan fingerprint density at radius 1 is 1.25 bits per heavy atom. The molecule has 2 N–H and O–H groups in total. The third-order valence-electron chi connectivity index (χ3n) is 2.52. The fourth-order valence-corrected chi connectivity index (χ4v) is 2.13. The summed E-state index contributed by atoms with van der Waals surface area (Å²) in [5, 5.41) is 5.43. The van der Waals surface area contributed by atoms with Crippen LogP contribution in [0.1, 0.15) is 11.4 Å². The largest absolute Gasteiger partial charge is 0.323 e. The van der Waals surface area contributed by atoms with Crippen molar-refractivity contribution in [2.75, 3.05) is 5.84 Å². The highest BCUT2D eigenvalue weighted by Gasteiger charge is 2.15. The maximum Gasteiger partial charge on any atom is 0.0696 e. The molecular weight excluding hydrogens is 245 g/mol. The molecule has 0 aliphatic heterocycles. The smallest absolute Gasteiger partial charge is 0.0696 e. The van der Waals surface area contributed by atoms with Crippen molar-refractivity contribution < 1.29 is 0 Å². The summed E-state index contributed by atoms with van der Waals surface area (Å²) in [5.41, 5.74) is 3.50. The van der Waals surface area contributed by atoms with Crippen molar-refractivity contribution in [3.05, 3.63) is 39.6 Å². The Balaban J connectivity index is 2.71. The number of nitrogens with zero attached hydrogens (tertiary/aromatic N) is 2. The molecule has 0 saturated heterocycles. The third kappa shape index (κ3) is 1.77. The Hall–Kier alpha value is -1.19. The highest BCUT2D eigenvalue weighted by Crippen LogP contribution is 2.34. The Morgan fingerprint density at radius 3 is 2.50 bits per heavy atom. The van der Waals surface area contributed by atoms with Crippen molar-refractivity contribution >= 4 is 23.2 Å². The molecule has 16 heavy (non-hydrogen) atoms. The van der Waals surface area contributed by atoms with E-state index in [-0.39, 0.29) is 0 Å². The maximum atomic E-state index is 6.15. The second-order valence-corrected chi connectivity index (χ2v) is 4.46. The molecule has 2 aromatic rings. The summed E-state index contributed by atoms with van der Waals surface area (Å²) in [7, 11) is 0. The van der Waals surface area contributed by atoms with E-state index >= 15 is 0 Å². The predicted molar refractivity (Wildman–Crippen MR) is 67.3 cm³/mol. The number of hydrogen-bond donors (Lipinski definition) is 1. The Kier molecular flexibility index (Phi) is 2.82. The molecule has 0 atom stereocenters. The van der Waals surface area contributed by atoms with Crippen LogP contribution in [-0.2, 0) is 0 Å². The van der Waals surface area contributed by atoms with E-state index in [0.717, 1.165) is 22.5 Å². The molecule has 0 radical (unpaired) electrons. The normalized spacial score (nSPS) is 10.8. The molecular formula is C11H11Cl2N3. The molecule has 0 aliphatic carbocycles. The Bertz CT molecular complexity index is 546. The number of halogens is 2. The number of nitrogens with two attached hydrogens (primary N) is 1. The van der Waals surface area contributed by atoms with Crippen LogP contribution in [0.5, 0.6) is 0 Å². The van der Waals surface area contributed by atoms with Crippen LogP contribution < -0.4 is 5.84 Å². The molecule has 0 amide bonds. The van der Waals surface area contributed by atoms with E-state index in [0.29, 0.717) is 10.0 Å². The minimum atomic E-state index is 0.642. The van der Waals surface area contributed by atoms with Gasteiger partial charge in [0.1, 0.15) is 0 Å². The number of hydrogen-bond acceptors (Lipinski definition) is 2. The van der Waals surface area contributed by atoms with E-state index in [2.05, 4.69) is 5.10 Å². The highest BCUT2D eigenvalue weighted by atomic mass is 35.5. The SMILES string of the molecule is Cc1nn(N)c(C)c1-c1cc(Cl)ccc1Cl. The standard InChI is InChI=1S/C11H11Cl2N3/c1-6-11(7(2)16(14)15-6)9-5-8(12)3-4-10(9)13/h3-5H,14H2,1-2H3. The zero-order chi connectivity index (χ0) is 11.9. The Morgan fingerprint density at radius 2 is 1.94 bits per heavy atom. The van der Waals surface area contributed by atoms with Gasteiger partial charge < -0.3 is 5.84 Å². The molecule has 5 heteroatoms. The summed E-state index contributed by atoms with van der Waals surface area (Å²) < 4.78 is 0. The van der Waals surface area contributed by atoms with Crippen molar-refractivity contribution in [3.63, 3.8) is 0 Å². The average Bonchev–Trinajstić information content (AvgIpc) is 2.46. The summed E-state index contributed by atoms with van der Waals surface area (Å²) >= 11 is 12.1. The first kappa shape index (κ1) is 11.3. The van der Waals surface area contributed by atoms with Crippen LogP contribution in [0.15, 0.2) is 18.2 Å². The minimum Gasteiger partial charge on any atom is -0.323 e. The Labute approximate surface area is 104 Å². The molecule has 84 valence electrons.